The second-order valence-corrected chi connectivity index (χ2v) is 5.53. The average molecular weight is 344 g/mol. The summed E-state index contributed by atoms with van der Waals surface area (Å²) in [5, 5.41) is 16.8. The summed E-state index contributed by atoms with van der Waals surface area (Å²) >= 11 is 5.92. The first-order chi connectivity index (χ1) is 11.6. The summed E-state index contributed by atoms with van der Waals surface area (Å²) in [7, 11) is 0. The van der Waals surface area contributed by atoms with Crippen molar-refractivity contribution in [3.63, 3.8) is 0 Å². The monoisotopic (exact) mass is 343 g/mol. The van der Waals surface area contributed by atoms with E-state index in [0.717, 1.165) is 17.2 Å². The predicted molar refractivity (Wildman–Crippen MR) is 102 cm³/mol. The fourth-order valence-corrected chi connectivity index (χ4v) is 2.74. The van der Waals surface area contributed by atoms with E-state index in [-0.39, 0.29) is 0 Å². The molecule has 0 saturated carbocycles. The molecule has 1 aromatic heterocycles. The van der Waals surface area contributed by atoms with Gasteiger partial charge in [-0.05, 0) is 31.2 Å². The summed E-state index contributed by atoms with van der Waals surface area (Å²) < 4.78 is 0. The van der Waals surface area contributed by atoms with Gasteiger partial charge in [-0.3, -0.25) is 15.7 Å². The standard InChI is InChI=1S/C16H16ClN5.C2H6/c1-11(18)22-14-5-3-2-4-13(14)21(9-8-15(22)19)16-7-6-12(17)10-20-16;1-2/h2-7,10,18-19H,8-9H2,1H3;1-2H3. The molecule has 0 amide bonds. The third kappa shape index (κ3) is 3.57. The number of nitrogens with one attached hydrogen (secondary N) is 2. The summed E-state index contributed by atoms with van der Waals surface area (Å²) in [5.41, 5.74) is 1.76. The first-order valence-electron chi connectivity index (χ1n) is 7.99. The van der Waals surface area contributed by atoms with Crippen LogP contribution in [-0.4, -0.2) is 23.2 Å². The van der Waals surface area contributed by atoms with E-state index in [2.05, 4.69) is 9.88 Å². The molecule has 0 unspecified atom stereocenters. The van der Waals surface area contributed by atoms with E-state index in [4.69, 9.17) is 22.4 Å². The first kappa shape index (κ1) is 17.9. The Morgan fingerprint density at radius 1 is 1.12 bits per heavy atom. The lowest BCUT2D eigenvalue weighted by molar-refractivity contribution is 0.946. The van der Waals surface area contributed by atoms with Gasteiger partial charge >= 0.3 is 0 Å². The molecular formula is C18H22ClN5. The molecule has 2 N–H and O–H groups in total. The molecule has 2 aromatic rings. The van der Waals surface area contributed by atoms with Crippen LogP contribution in [-0.2, 0) is 0 Å². The van der Waals surface area contributed by atoms with Crippen LogP contribution in [0.5, 0.6) is 0 Å². The van der Waals surface area contributed by atoms with Crippen LogP contribution in [0.1, 0.15) is 27.2 Å². The van der Waals surface area contributed by atoms with Gasteiger partial charge in [-0.25, -0.2) is 4.98 Å². The largest absolute Gasteiger partial charge is 0.324 e. The third-order valence-electron chi connectivity index (χ3n) is 3.58. The number of aromatic nitrogens is 1. The van der Waals surface area contributed by atoms with Gasteiger partial charge in [0.2, 0.25) is 0 Å². The van der Waals surface area contributed by atoms with E-state index in [1.165, 1.54) is 0 Å². The van der Waals surface area contributed by atoms with Crippen molar-refractivity contribution in [2.45, 2.75) is 27.2 Å². The third-order valence-corrected chi connectivity index (χ3v) is 3.80. The van der Waals surface area contributed by atoms with Gasteiger partial charge in [0.1, 0.15) is 17.5 Å². The number of rotatable bonds is 1. The molecule has 0 aliphatic carbocycles. The summed E-state index contributed by atoms with van der Waals surface area (Å²) in [4.78, 5) is 8.12. The number of fused-ring (bicyclic) bond motifs is 1. The molecule has 1 aromatic carbocycles. The van der Waals surface area contributed by atoms with Crippen molar-refractivity contribution in [2.75, 3.05) is 16.3 Å². The zero-order valence-electron chi connectivity index (χ0n) is 14.2. The second-order valence-electron chi connectivity index (χ2n) is 5.09. The van der Waals surface area contributed by atoms with Crippen LogP contribution < -0.4 is 9.80 Å². The van der Waals surface area contributed by atoms with Crippen LogP contribution in [0.25, 0.3) is 0 Å². The molecular weight excluding hydrogens is 322 g/mol. The number of anilines is 3. The Kier molecular flexibility index (Phi) is 5.93. The van der Waals surface area contributed by atoms with E-state index in [1.54, 1.807) is 18.0 Å². The molecule has 1 aliphatic heterocycles. The molecule has 6 heteroatoms. The van der Waals surface area contributed by atoms with E-state index >= 15 is 0 Å². The molecule has 1 aliphatic rings. The molecule has 0 radical (unpaired) electrons. The number of hydrogen-bond donors (Lipinski definition) is 2. The highest BCUT2D eigenvalue weighted by Crippen LogP contribution is 2.36. The molecule has 0 bridgehead atoms. The van der Waals surface area contributed by atoms with Gasteiger partial charge in [0.05, 0.1) is 16.4 Å². The zero-order valence-corrected chi connectivity index (χ0v) is 14.9. The van der Waals surface area contributed by atoms with E-state index < -0.39 is 0 Å². The quantitative estimate of drug-likeness (QED) is 0.560. The van der Waals surface area contributed by atoms with E-state index in [1.807, 2.05) is 50.2 Å². The fourth-order valence-electron chi connectivity index (χ4n) is 2.63. The lowest BCUT2D eigenvalue weighted by Gasteiger charge is -2.26. The number of pyridine rings is 1. The second kappa shape index (κ2) is 7.93. The predicted octanol–water partition coefficient (Wildman–Crippen LogP) is 5.08. The van der Waals surface area contributed by atoms with Gasteiger partial charge < -0.3 is 4.90 Å². The number of halogens is 1. The Balaban J connectivity index is 0.00000100. The first-order valence-corrected chi connectivity index (χ1v) is 8.36. The van der Waals surface area contributed by atoms with E-state index in [9.17, 15) is 0 Å². The molecule has 3 rings (SSSR count). The van der Waals surface area contributed by atoms with Gasteiger partial charge in [0, 0.05) is 19.2 Å². The van der Waals surface area contributed by atoms with Crippen molar-refractivity contribution in [3.05, 3.63) is 47.6 Å². The SMILES string of the molecule is CC.CC(=N)N1C(=N)CCN(c2ccc(Cl)cn2)c2ccccc21. The van der Waals surface area contributed by atoms with Crippen molar-refractivity contribution in [3.8, 4) is 0 Å². The molecule has 24 heavy (non-hydrogen) atoms. The van der Waals surface area contributed by atoms with Crippen molar-refractivity contribution >= 4 is 40.5 Å². The molecule has 0 saturated heterocycles. The average Bonchev–Trinajstić information content (AvgIpc) is 2.73. The van der Waals surface area contributed by atoms with Gasteiger partial charge in [-0.2, -0.15) is 0 Å². The zero-order chi connectivity index (χ0) is 17.7. The lowest BCUT2D eigenvalue weighted by Crippen LogP contribution is -2.33. The number of hydrogen-bond acceptors (Lipinski definition) is 4. The minimum absolute atomic E-state index is 0.336. The number of amidine groups is 2. The molecule has 0 fully saturated rings. The van der Waals surface area contributed by atoms with Crippen molar-refractivity contribution < 1.29 is 0 Å². The Morgan fingerprint density at radius 3 is 2.38 bits per heavy atom. The number of benzene rings is 1. The fraction of sp³-hybridized carbons (Fsp3) is 0.278. The van der Waals surface area contributed by atoms with Crippen molar-refractivity contribution in [1.82, 2.24) is 4.98 Å². The minimum atomic E-state index is 0.336. The van der Waals surface area contributed by atoms with Gasteiger partial charge in [0.25, 0.3) is 0 Å². The molecule has 2 heterocycles. The summed E-state index contributed by atoms with van der Waals surface area (Å²) in [6.45, 7) is 6.33. The lowest BCUT2D eigenvalue weighted by atomic mass is 10.2. The van der Waals surface area contributed by atoms with Crippen LogP contribution in [0.2, 0.25) is 5.02 Å². The maximum absolute atomic E-state index is 8.25. The highest BCUT2D eigenvalue weighted by atomic mass is 35.5. The van der Waals surface area contributed by atoms with Gasteiger partial charge in [-0.15, -0.1) is 0 Å². The van der Waals surface area contributed by atoms with Gasteiger partial charge in [0.15, 0.2) is 0 Å². The Hall–Kier alpha value is -2.40. The number of para-hydroxylation sites is 2. The highest BCUT2D eigenvalue weighted by Gasteiger charge is 2.26. The normalized spacial score (nSPS) is 13.6. The molecule has 0 atom stereocenters. The Labute approximate surface area is 147 Å². The smallest absolute Gasteiger partial charge is 0.133 e. The van der Waals surface area contributed by atoms with Crippen LogP contribution >= 0.6 is 11.6 Å². The summed E-state index contributed by atoms with van der Waals surface area (Å²) in [6, 6.07) is 11.5. The van der Waals surface area contributed by atoms with E-state index in [0.29, 0.717) is 29.7 Å². The summed E-state index contributed by atoms with van der Waals surface area (Å²) in [6.07, 6.45) is 2.16. The number of nitrogens with zero attached hydrogens (tertiary/aromatic N) is 3. The van der Waals surface area contributed by atoms with Crippen LogP contribution in [0, 0.1) is 10.8 Å². The highest BCUT2D eigenvalue weighted by molar-refractivity contribution is 6.30. The van der Waals surface area contributed by atoms with Crippen LogP contribution in [0.3, 0.4) is 0 Å². The Bertz CT molecular complexity index is 726. The molecule has 126 valence electrons. The topological polar surface area (TPSA) is 67.1 Å². The van der Waals surface area contributed by atoms with Crippen molar-refractivity contribution in [2.24, 2.45) is 0 Å². The molecule has 5 nitrogen and oxygen atoms in total. The molecule has 0 spiro atoms. The maximum atomic E-state index is 8.25. The van der Waals surface area contributed by atoms with Crippen LogP contribution in [0.15, 0.2) is 42.6 Å². The van der Waals surface area contributed by atoms with Crippen LogP contribution in [0.4, 0.5) is 17.2 Å². The maximum Gasteiger partial charge on any atom is 0.133 e. The Morgan fingerprint density at radius 2 is 1.79 bits per heavy atom. The van der Waals surface area contributed by atoms with Gasteiger partial charge in [-0.1, -0.05) is 37.6 Å². The summed E-state index contributed by atoms with van der Waals surface area (Å²) in [5.74, 6) is 1.54. The minimum Gasteiger partial charge on any atom is -0.324 e. The van der Waals surface area contributed by atoms with Crippen molar-refractivity contribution in [1.29, 1.82) is 10.8 Å².